The second-order valence-corrected chi connectivity index (χ2v) is 3.47. The summed E-state index contributed by atoms with van der Waals surface area (Å²) in [6.07, 6.45) is 3.93. The summed E-state index contributed by atoms with van der Waals surface area (Å²) >= 11 is 0. The molecule has 3 nitrogen and oxygen atoms in total. The van der Waals surface area contributed by atoms with E-state index in [-0.39, 0.29) is 36.5 Å². The molecule has 0 aromatic heterocycles. The minimum atomic E-state index is -0.192. The lowest BCUT2D eigenvalue weighted by Crippen LogP contribution is -2.54. The van der Waals surface area contributed by atoms with Gasteiger partial charge in [-0.2, -0.15) is 0 Å². The van der Waals surface area contributed by atoms with Gasteiger partial charge in [-0.05, 0) is 19.3 Å². The molecule has 4 N–H and O–H groups in total. The third kappa shape index (κ3) is 1.70. The lowest BCUT2D eigenvalue weighted by atomic mass is 9.83. The summed E-state index contributed by atoms with van der Waals surface area (Å²) in [7, 11) is 0. The number of hydrogen-bond donors (Lipinski definition) is 2. The lowest BCUT2D eigenvalue weighted by molar-refractivity contribution is 0.0872. The number of hydrogen-bond acceptors (Lipinski definition) is 3. The Kier molecular flexibility index (Phi) is 4.27. The monoisotopic (exact) mass is 214 g/mol. The average Bonchev–Trinajstić information content (AvgIpc) is 2.46. The smallest absolute Gasteiger partial charge is 0.0772 e. The van der Waals surface area contributed by atoms with Gasteiger partial charge in [0.15, 0.2) is 0 Å². The Hall–Kier alpha value is 0.460. The van der Waals surface area contributed by atoms with E-state index >= 15 is 0 Å². The molecule has 3 unspecified atom stereocenters. The number of ether oxygens (including phenoxy) is 1. The first-order valence-electron chi connectivity index (χ1n) is 3.89. The van der Waals surface area contributed by atoms with E-state index in [9.17, 15) is 0 Å². The largest absolute Gasteiger partial charge is 0.373 e. The molecule has 0 radical (unpaired) electrons. The van der Waals surface area contributed by atoms with E-state index in [0.29, 0.717) is 12.6 Å². The van der Waals surface area contributed by atoms with Gasteiger partial charge in [-0.1, -0.05) is 0 Å². The van der Waals surface area contributed by atoms with Gasteiger partial charge in [0, 0.05) is 6.54 Å². The van der Waals surface area contributed by atoms with Gasteiger partial charge in [0.25, 0.3) is 0 Å². The van der Waals surface area contributed by atoms with Gasteiger partial charge < -0.3 is 16.2 Å². The predicted molar refractivity (Wildman–Crippen MR) is 53.0 cm³/mol. The quantitative estimate of drug-likeness (QED) is 0.667. The van der Waals surface area contributed by atoms with Crippen molar-refractivity contribution < 1.29 is 4.74 Å². The normalized spacial score (nSPS) is 43.5. The van der Waals surface area contributed by atoms with Crippen LogP contribution >= 0.6 is 24.8 Å². The minimum Gasteiger partial charge on any atom is -0.373 e. The fourth-order valence-corrected chi connectivity index (χ4v) is 2.05. The highest BCUT2D eigenvalue weighted by Gasteiger charge is 2.48. The molecular formula is C7H16Cl2N2O. The van der Waals surface area contributed by atoms with Gasteiger partial charge in [-0.3, -0.25) is 0 Å². The molecule has 74 valence electrons. The van der Waals surface area contributed by atoms with Crippen molar-refractivity contribution in [1.82, 2.24) is 0 Å². The summed E-state index contributed by atoms with van der Waals surface area (Å²) in [5.74, 6) is 0. The molecule has 2 rings (SSSR count). The molecule has 0 aromatic carbocycles. The van der Waals surface area contributed by atoms with E-state index in [0.717, 1.165) is 12.8 Å². The average molecular weight is 215 g/mol. The Bertz CT molecular complexity index is 158. The molecule has 2 aliphatic heterocycles. The van der Waals surface area contributed by atoms with Crippen LogP contribution in [0.2, 0.25) is 0 Å². The summed E-state index contributed by atoms with van der Waals surface area (Å²) < 4.78 is 5.57. The highest BCUT2D eigenvalue weighted by Crippen LogP contribution is 2.39. The molecule has 0 saturated carbocycles. The zero-order valence-electron chi connectivity index (χ0n) is 6.86. The first kappa shape index (κ1) is 12.5. The van der Waals surface area contributed by atoms with E-state index in [2.05, 4.69) is 0 Å². The van der Waals surface area contributed by atoms with Crippen LogP contribution in [0.4, 0.5) is 0 Å². The third-order valence-corrected chi connectivity index (χ3v) is 2.74. The van der Waals surface area contributed by atoms with Crippen LogP contribution in [0, 0.1) is 0 Å². The molecule has 2 bridgehead atoms. The van der Waals surface area contributed by atoms with Crippen LogP contribution in [0.25, 0.3) is 0 Å². The van der Waals surface area contributed by atoms with Gasteiger partial charge in [0.2, 0.25) is 0 Å². The van der Waals surface area contributed by atoms with Crippen LogP contribution in [0.1, 0.15) is 19.3 Å². The minimum absolute atomic E-state index is 0. The van der Waals surface area contributed by atoms with Gasteiger partial charge >= 0.3 is 0 Å². The first-order valence-corrected chi connectivity index (χ1v) is 3.89. The standard InChI is InChI=1S/C7H14N2O.2ClH/c8-4-7(9)3-5-1-2-6(7)10-5;;/h5-6H,1-4,8-9H2;2*1H. The maximum atomic E-state index is 5.99. The van der Waals surface area contributed by atoms with Crippen LogP contribution in [-0.4, -0.2) is 24.3 Å². The van der Waals surface area contributed by atoms with Crippen molar-refractivity contribution >= 4 is 24.8 Å². The molecule has 0 amide bonds. The number of nitrogens with two attached hydrogens (primary N) is 2. The van der Waals surface area contributed by atoms with Crippen LogP contribution < -0.4 is 11.5 Å². The number of halogens is 2. The van der Waals surface area contributed by atoms with E-state index in [1.807, 2.05) is 0 Å². The Balaban J connectivity index is 0.000000605. The van der Waals surface area contributed by atoms with Crippen molar-refractivity contribution in [3.63, 3.8) is 0 Å². The highest BCUT2D eigenvalue weighted by molar-refractivity contribution is 5.85. The molecule has 0 aliphatic carbocycles. The van der Waals surface area contributed by atoms with E-state index in [1.54, 1.807) is 0 Å². The second kappa shape index (κ2) is 4.11. The highest BCUT2D eigenvalue weighted by atomic mass is 35.5. The lowest BCUT2D eigenvalue weighted by Gasteiger charge is -2.29. The zero-order valence-corrected chi connectivity index (χ0v) is 8.50. The van der Waals surface area contributed by atoms with Crippen LogP contribution in [-0.2, 0) is 4.74 Å². The van der Waals surface area contributed by atoms with Crippen molar-refractivity contribution in [1.29, 1.82) is 0 Å². The third-order valence-electron chi connectivity index (χ3n) is 2.74. The first-order chi connectivity index (χ1) is 4.74. The SMILES string of the molecule is Cl.Cl.NCC1(N)CC2CCC1O2. The molecule has 12 heavy (non-hydrogen) atoms. The summed E-state index contributed by atoms with van der Waals surface area (Å²) in [5.41, 5.74) is 11.4. The molecule has 2 saturated heterocycles. The number of fused-ring (bicyclic) bond motifs is 2. The zero-order chi connectivity index (χ0) is 7.19. The molecule has 0 aromatic rings. The van der Waals surface area contributed by atoms with Gasteiger partial charge in [0.05, 0.1) is 17.7 Å². The van der Waals surface area contributed by atoms with E-state index < -0.39 is 0 Å². The molecule has 2 fully saturated rings. The van der Waals surface area contributed by atoms with E-state index in [4.69, 9.17) is 16.2 Å². The summed E-state index contributed by atoms with van der Waals surface area (Å²) in [4.78, 5) is 0. The Labute approximate surface area is 85.0 Å². The Morgan fingerprint density at radius 2 is 2.00 bits per heavy atom. The van der Waals surface area contributed by atoms with Gasteiger partial charge in [-0.25, -0.2) is 0 Å². The van der Waals surface area contributed by atoms with Gasteiger partial charge in [-0.15, -0.1) is 24.8 Å². The van der Waals surface area contributed by atoms with Crippen molar-refractivity contribution in [2.24, 2.45) is 11.5 Å². The second-order valence-electron chi connectivity index (χ2n) is 3.47. The summed E-state index contributed by atoms with van der Waals surface area (Å²) in [5, 5.41) is 0. The van der Waals surface area contributed by atoms with Crippen LogP contribution in [0.15, 0.2) is 0 Å². The van der Waals surface area contributed by atoms with Crippen molar-refractivity contribution in [2.45, 2.75) is 37.0 Å². The van der Waals surface area contributed by atoms with Crippen molar-refractivity contribution in [3.8, 4) is 0 Å². The molecule has 2 aliphatic rings. The molecule has 5 heteroatoms. The van der Waals surface area contributed by atoms with E-state index in [1.165, 1.54) is 6.42 Å². The van der Waals surface area contributed by atoms with Crippen molar-refractivity contribution in [3.05, 3.63) is 0 Å². The molecule has 2 heterocycles. The molecular weight excluding hydrogens is 199 g/mol. The van der Waals surface area contributed by atoms with Crippen LogP contribution in [0.3, 0.4) is 0 Å². The summed E-state index contributed by atoms with van der Waals surface area (Å²) in [6.45, 7) is 0.564. The maximum absolute atomic E-state index is 5.99. The molecule has 0 spiro atoms. The number of rotatable bonds is 1. The predicted octanol–water partition coefficient (Wildman–Crippen LogP) is 0.437. The Morgan fingerprint density at radius 1 is 1.33 bits per heavy atom. The fraction of sp³-hybridized carbons (Fsp3) is 1.00. The summed E-state index contributed by atoms with van der Waals surface area (Å²) in [6, 6.07) is 0. The van der Waals surface area contributed by atoms with Crippen LogP contribution in [0.5, 0.6) is 0 Å². The maximum Gasteiger partial charge on any atom is 0.0772 e. The van der Waals surface area contributed by atoms with Gasteiger partial charge in [0.1, 0.15) is 0 Å². The van der Waals surface area contributed by atoms with Crippen molar-refractivity contribution in [2.75, 3.05) is 6.54 Å². The molecule has 3 atom stereocenters. The topological polar surface area (TPSA) is 61.3 Å². The Morgan fingerprint density at radius 3 is 2.25 bits per heavy atom. The fourth-order valence-electron chi connectivity index (χ4n) is 2.05.